The van der Waals surface area contributed by atoms with Gasteiger partial charge >= 0.3 is 0 Å². The van der Waals surface area contributed by atoms with Gasteiger partial charge in [-0.25, -0.2) is 0 Å². The third-order valence-corrected chi connectivity index (χ3v) is 2.03. The average Bonchev–Trinajstić information content (AvgIpc) is 2.63. The summed E-state index contributed by atoms with van der Waals surface area (Å²) in [6, 6.07) is 0. The molecule has 0 bridgehead atoms. The molecule has 0 radical (unpaired) electrons. The lowest BCUT2D eigenvalue weighted by Crippen LogP contribution is -2.25. The van der Waals surface area contributed by atoms with Crippen LogP contribution >= 0.6 is 0 Å². The Hall–Kier alpha value is -2.05. The number of aromatic nitrogens is 2. The highest BCUT2D eigenvalue weighted by molar-refractivity contribution is 5.96. The minimum Gasteiger partial charge on any atom is -0.396 e. The Balaban J connectivity index is 2.21. The molecule has 7 nitrogen and oxygen atoms in total. The van der Waals surface area contributed by atoms with E-state index in [-0.39, 0.29) is 17.5 Å². The van der Waals surface area contributed by atoms with E-state index in [1.165, 1.54) is 6.20 Å². The van der Waals surface area contributed by atoms with Crippen molar-refractivity contribution in [3.05, 3.63) is 11.9 Å². The standard InChI is InChI=1S/C9H15N5O2/c10-6-5-13-14-8(6)9(16)12-4-2-1-3-7(11)15/h5H,1-4,10H2,(H2,11,15)(H,12,16)(H,13,14). The molecule has 6 N–H and O–H groups in total. The van der Waals surface area contributed by atoms with Crippen LogP contribution in [0.5, 0.6) is 0 Å². The minimum atomic E-state index is -0.330. The Morgan fingerprint density at radius 1 is 1.44 bits per heavy atom. The Labute approximate surface area is 92.6 Å². The fraction of sp³-hybridized carbons (Fsp3) is 0.444. The number of aromatic amines is 1. The number of primary amides is 1. The zero-order valence-corrected chi connectivity index (χ0v) is 8.82. The molecule has 1 aromatic rings. The third-order valence-electron chi connectivity index (χ3n) is 2.03. The molecule has 0 atom stereocenters. The Kier molecular flexibility index (Phi) is 4.31. The Bertz CT molecular complexity index is 374. The zero-order valence-electron chi connectivity index (χ0n) is 8.82. The molecule has 0 unspecified atom stereocenters. The van der Waals surface area contributed by atoms with Gasteiger partial charge in [-0.3, -0.25) is 14.7 Å². The molecule has 0 fully saturated rings. The highest BCUT2D eigenvalue weighted by Gasteiger charge is 2.10. The van der Waals surface area contributed by atoms with Crippen molar-refractivity contribution in [1.29, 1.82) is 0 Å². The number of rotatable bonds is 6. The van der Waals surface area contributed by atoms with E-state index in [4.69, 9.17) is 11.5 Å². The van der Waals surface area contributed by atoms with E-state index in [0.717, 1.165) is 0 Å². The largest absolute Gasteiger partial charge is 0.396 e. The molecule has 2 amide bonds. The van der Waals surface area contributed by atoms with E-state index in [2.05, 4.69) is 15.5 Å². The van der Waals surface area contributed by atoms with Crippen LogP contribution in [-0.2, 0) is 4.79 Å². The van der Waals surface area contributed by atoms with Crippen LogP contribution in [0.4, 0.5) is 5.69 Å². The van der Waals surface area contributed by atoms with Crippen LogP contribution < -0.4 is 16.8 Å². The van der Waals surface area contributed by atoms with Crippen LogP contribution in [0.1, 0.15) is 29.8 Å². The van der Waals surface area contributed by atoms with Crippen molar-refractivity contribution in [3.63, 3.8) is 0 Å². The number of nitrogens with zero attached hydrogens (tertiary/aromatic N) is 1. The van der Waals surface area contributed by atoms with Crippen molar-refractivity contribution in [3.8, 4) is 0 Å². The number of nitrogens with one attached hydrogen (secondary N) is 2. The number of anilines is 1. The molecule has 1 heterocycles. The first-order valence-corrected chi connectivity index (χ1v) is 4.96. The fourth-order valence-corrected chi connectivity index (χ4v) is 1.19. The predicted octanol–water partition coefficient (Wildman–Crippen LogP) is -0.623. The van der Waals surface area contributed by atoms with E-state index >= 15 is 0 Å². The number of nitrogen functional groups attached to an aromatic ring is 1. The number of unbranched alkanes of at least 4 members (excludes halogenated alkanes) is 1. The first kappa shape index (κ1) is 12.0. The van der Waals surface area contributed by atoms with Crippen molar-refractivity contribution in [1.82, 2.24) is 15.5 Å². The molecule has 88 valence electrons. The molecule has 7 heteroatoms. The SMILES string of the molecule is NC(=O)CCCCNC(=O)c1[nH]ncc1N. The second-order valence-corrected chi connectivity index (χ2v) is 3.38. The first-order chi connectivity index (χ1) is 7.61. The lowest BCUT2D eigenvalue weighted by molar-refractivity contribution is -0.118. The van der Waals surface area contributed by atoms with E-state index in [1.807, 2.05) is 0 Å². The molecule has 0 saturated carbocycles. The molecule has 0 spiro atoms. The summed E-state index contributed by atoms with van der Waals surface area (Å²) in [5.74, 6) is -0.627. The molecular formula is C9H15N5O2. The van der Waals surface area contributed by atoms with Gasteiger partial charge in [0.2, 0.25) is 5.91 Å². The molecule has 0 aliphatic carbocycles. The van der Waals surface area contributed by atoms with E-state index in [1.54, 1.807) is 0 Å². The van der Waals surface area contributed by atoms with Crippen LogP contribution in [0.25, 0.3) is 0 Å². The summed E-state index contributed by atoms with van der Waals surface area (Å²) in [4.78, 5) is 21.9. The average molecular weight is 225 g/mol. The zero-order chi connectivity index (χ0) is 12.0. The Morgan fingerprint density at radius 2 is 2.19 bits per heavy atom. The van der Waals surface area contributed by atoms with Gasteiger partial charge in [0.15, 0.2) is 0 Å². The van der Waals surface area contributed by atoms with Gasteiger partial charge in [-0.2, -0.15) is 5.10 Å². The van der Waals surface area contributed by atoms with Gasteiger partial charge in [-0.15, -0.1) is 0 Å². The summed E-state index contributed by atoms with van der Waals surface area (Å²) in [7, 11) is 0. The molecule has 16 heavy (non-hydrogen) atoms. The second kappa shape index (κ2) is 5.74. The van der Waals surface area contributed by atoms with Crippen LogP contribution in [0.15, 0.2) is 6.20 Å². The monoisotopic (exact) mass is 225 g/mol. The molecular weight excluding hydrogens is 210 g/mol. The maximum atomic E-state index is 11.5. The second-order valence-electron chi connectivity index (χ2n) is 3.38. The van der Waals surface area contributed by atoms with Crippen molar-refractivity contribution in [2.45, 2.75) is 19.3 Å². The maximum absolute atomic E-state index is 11.5. The third kappa shape index (κ3) is 3.60. The molecule has 0 aliphatic rings. The molecule has 0 saturated heterocycles. The van der Waals surface area contributed by atoms with Gasteiger partial charge < -0.3 is 16.8 Å². The first-order valence-electron chi connectivity index (χ1n) is 4.96. The Morgan fingerprint density at radius 3 is 2.75 bits per heavy atom. The van der Waals surface area contributed by atoms with Gasteiger partial charge in [0.05, 0.1) is 11.9 Å². The summed E-state index contributed by atoms with van der Waals surface area (Å²) in [6.07, 6.45) is 3.07. The minimum absolute atomic E-state index is 0.259. The van der Waals surface area contributed by atoms with Crippen molar-refractivity contribution in [2.24, 2.45) is 5.73 Å². The molecule has 1 rings (SSSR count). The maximum Gasteiger partial charge on any atom is 0.271 e. The highest BCUT2D eigenvalue weighted by atomic mass is 16.2. The summed E-state index contributed by atoms with van der Waals surface area (Å²) in [5, 5.41) is 8.80. The number of nitrogens with two attached hydrogens (primary N) is 2. The van der Waals surface area contributed by atoms with Crippen molar-refractivity contribution < 1.29 is 9.59 Å². The molecule has 0 aliphatic heterocycles. The van der Waals surface area contributed by atoms with Gasteiger partial charge in [0, 0.05) is 13.0 Å². The van der Waals surface area contributed by atoms with Crippen LogP contribution in [-0.4, -0.2) is 28.6 Å². The number of H-pyrrole nitrogens is 1. The lowest BCUT2D eigenvalue weighted by atomic mass is 10.2. The fourth-order valence-electron chi connectivity index (χ4n) is 1.19. The van der Waals surface area contributed by atoms with Crippen molar-refractivity contribution >= 4 is 17.5 Å². The van der Waals surface area contributed by atoms with Crippen LogP contribution in [0.2, 0.25) is 0 Å². The molecule has 1 aromatic heterocycles. The number of hydrogen-bond donors (Lipinski definition) is 4. The highest BCUT2D eigenvalue weighted by Crippen LogP contribution is 2.05. The number of amides is 2. The summed E-state index contributed by atoms with van der Waals surface area (Å²) < 4.78 is 0. The predicted molar refractivity (Wildman–Crippen MR) is 58.4 cm³/mol. The normalized spacial score (nSPS) is 10.0. The van der Waals surface area contributed by atoms with Crippen LogP contribution in [0, 0.1) is 0 Å². The topological polar surface area (TPSA) is 127 Å². The number of carbonyl (C=O) groups is 2. The van der Waals surface area contributed by atoms with Gasteiger partial charge in [0.25, 0.3) is 5.91 Å². The number of hydrogen-bond acceptors (Lipinski definition) is 4. The van der Waals surface area contributed by atoms with Gasteiger partial charge in [-0.05, 0) is 12.8 Å². The van der Waals surface area contributed by atoms with E-state index in [9.17, 15) is 9.59 Å². The van der Waals surface area contributed by atoms with E-state index < -0.39 is 0 Å². The van der Waals surface area contributed by atoms with Gasteiger partial charge in [0.1, 0.15) is 5.69 Å². The number of carbonyl (C=O) groups excluding carboxylic acids is 2. The lowest BCUT2D eigenvalue weighted by Gasteiger charge is -2.03. The molecule has 0 aromatic carbocycles. The van der Waals surface area contributed by atoms with Crippen LogP contribution in [0.3, 0.4) is 0 Å². The quantitative estimate of drug-likeness (QED) is 0.481. The van der Waals surface area contributed by atoms with E-state index in [0.29, 0.717) is 31.5 Å². The van der Waals surface area contributed by atoms with Crippen molar-refractivity contribution in [2.75, 3.05) is 12.3 Å². The summed E-state index contributed by atoms with van der Waals surface area (Å²) in [5.41, 5.74) is 11.0. The van der Waals surface area contributed by atoms with Gasteiger partial charge in [-0.1, -0.05) is 0 Å². The smallest absolute Gasteiger partial charge is 0.271 e. The summed E-state index contributed by atoms with van der Waals surface area (Å²) >= 11 is 0. The summed E-state index contributed by atoms with van der Waals surface area (Å²) in [6.45, 7) is 0.477.